The largest absolute Gasteiger partial charge is 1.00 e. The summed E-state index contributed by atoms with van der Waals surface area (Å²) in [5, 5.41) is 2.93. The summed E-state index contributed by atoms with van der Waals surface area (Å²) in [5.74, 6) is 0.291. The maximum absolute atomic E-state index is 11.4. The molecule has 90 valence electrons. The van der Waals surface area contributed by atoms with Gasteiger partial charge in [-0.3, -0.25) is 4.79 Å². The molecule has 0 aromatic heterocycles. The highest BCUT2D eigenvalue weighted by Gasteiger charge is 2.22. The Labute approximate surface area is 103 Å². The van der Waals surface area contributed by atoms with E-state index in [9.17, 15) is 4.79 Å². The number of carbonyl (C=O) groups is 1. The van der Waals surface area contributed by atoms with E-state index in [-0.39, 0.29) is 24.5 Å². The number of nitrogens with zero attached hydrogens (tertiary/aromatic N) is 1. The van der Waals surface area contributed by atoms with Crippen LogP contribution in [0.3, 0.4) is 0 Å². The minimum atomic E-state index is -0.0782. The summed E-state index contributed by atoms with van der Waals surface area (Å²) >= 11 is 5.44. The number of alkyl halides is 1. The van der Waals surface area contributed by atoms with Gasteiger partial charge in [0.25, 0.3) is 0 Å². The Kier molecular flexibility index (Phi) is 9.11. The lowest BCUT2D eigenvalue weighted by Gasteiger charge is -2.33. The van der Waals surface area contributed by atoms with Crippen LogP contribution >= 0.6 is 11.6 Å². The number of amides is 1. The van der Waals surface area contributed by atoms with Crippen LogP contribution in [0.4, 0.5) is 0 Å². The molecule has 0 rings (SSSR count). The fourth-order valence-electron chi connectivity index (χ4n) is 1.21. The predicted molar refractivity (Wildman–Crippen MR) is 60.1 cm³/mol. The van der Waals surface area contributed by atoms with Gasteiger partial charge < -0.3 is 22.2 Å². The molecule has 0 aromatic rings. The van der Waals surface area contributed by atoms with E-state index in [1.54, 1.807) is 6.08 Å². The van der Waals surface area contributed by atoms with Crippen LogP contribution in [0.15, 0.2) is 12.2 Å². The van der Waals surface area contributed by atoms with Crippen LogP contribution in [0, 0.1) is 0 Å². The Balaban J connectivity index is 0. The number of halogens is 2. The molecule has 0 aliphatic carbocycles. The van der Waals surface area contributed by atoms with Gasteiger partial charge in [-0.15, -0.1) is 11.6 Å². The quantitative estimate of drug-likeness (QED) is 0.271. The molecule has 5 heteroatoms. The standard InChI is InChI=1S/C10H19ClN2O.ClH/c1-5-9(13(2,3)4)12-10(14)7-6-8-11;/h6-7,9H,5,8H2,1-4H3;1H/b7-6+;. The smallest absolute Gasteiger partial charge is 0.248 e. The van der Waals surface area contributed by atoms with Crippen LogP contribution in [-0.4, -0.2) is 43.6 Å². The van der Waals surface area contributed by atoms with Gasteiger partial charge in [-0.1, -0.05) is 13.0 Å². The molecule has 0 spiro atoms. The number of nitrogens with one attached hydrogen (secondary N) is 1. The van der Waals surface area contributed by atoms with Crippen molar-refractivity contribution in [2.75, 3.05) is 27.0 Å². The molecule has 1 unspecified atom stereocenters. The van der Waals surface area contributed by atoms with Crippen LogP contribution in [-0.2, 0) is 4.79 Å². The number of hydrogen-bond donors (Lipinski definition) is 1. The first kappa shape index (κ1) is 17.2. The van der Waals surface area contributed by atoms with Crippen LogP contribution in [0.2, 0.25) is 0 Å². The normalized spacial score (nSPS) is 13.4. The summed E-state index contributed by atoms with van der Waals surface area (Å²) in [6, 6.07) is 0. The van der Waals surface area contributed by atoms with Gasteiger partial charge in [-0.25, -0.2) is 0 Å². The van der Waals surface area contributed by atoms with Gasteiger partial charge in [-0.2, -0.15) is 0 Å². The van der Waals surface area contributed by atoms with Crippen molar-refractivity contribution in [1.82, 2.24) is 5.32 Å². The molecule has 1 N–H and O–H groups in total. The van der Waals surface area contributed by atoms with Crippen molar-refractivity contribution in [2.24, 2.45) is 0 Å². The van der Waals surface area contributed by atoms with Crippen molar-refractivity contribution in [2.45, 2.75) is 19.5 Å². The molecule has 1 atom stereocenters. The Morgan fingerprint density at radius 3 is 2.33 bits per heavy atom. The topological polar surface area (TPSA) is 29.1 Å². The summed E-state index contributed by atoms with van der Waals surface area (Å²) in [5.41, 5.74) is 0. The Morgan fingerprint density at radius 2 is 2.00 bits per heavy atom. The highest BCUT2D eigenvalue weighted by Crippen LogP contribution is 2.03. The molecule has 0 bridgehead atoms. The van der Waals surface area contributed by atoms with Gasteiger partial charge in [0.15, 0.2) is 6.17 Å². The van der Waals surface area contributed by atoms with E-state index < -0.39 is 0 Å². The molecule has 15 heavy (non-hydrogen) atoms. The maximum Gasteiger partial charge on any atom is 0.248 e. The monoisotopic (exact) mass is 254 g/mol. The van der Waals surface area contributed by atoms with Gasteiger partial charge >= 0.3 is 0 Å². The maximum atomic E-state index is 11.4. The Hall–Kier alpha value is -0.250. The third kappa shape index (κ3) is 7.65. The first-order valence-electron chi connectivity index (χ1n) is 4.76. The van der Waals surface area contributed by atoms with Crippen LogP contribution < -0.4 is 17.7 Å². The van der Waals surface area contributed by atoms with E-state index in [0.29, 0.717) is 5.88 Å². The number of rotatable bonds is 5. The molecule has 3 nitrogen and oxygen atoms in total. The van der Waals surface area contributed by atoms with E-state index in [1.807, 2.05) is 0 Å². The lowest BCUT2D eigenvalue weighted by Crippen LogP contribution is -3.00. The van der Waals surface area contributed by atoms with Gasteiger partial charge in [-0.05, 0) is 0 Å². The first-order chi connectivity index (χ1) is 6.41. The summed E-state index contributed by atoms with van der Waals surface area (Å²) < 4.78 is 0.719. The summed E-state index contributed by atoms with van der Waals surface area (Å²) in [6.45, 7) is 2.06. The van der Waals surface area contributed by atoms with E-state index in [2.05, 4.69) is 33.4 Å². The number of hydrogen-bond acceptors (Lipinski definition) is 1. The zero-order valence-electron chi connectivity index (χ0n) is 9.76. The molecule has 1 amide bonds. The molecule has 0 saturated carbocycles. The van der Waals surface area contributed by atoms with Crippen molar-refractivity contribution < 1.29 is 21.7 Å². The second-order valence-electron chi connectivity index (χ2n) is 4.11. The second kappa shape index (κ2) is 7.97. The Bertz CT molecular complexity index is 212. The molecule has 0 aliphatic rings. The highest BCUT2D eigenvalue weighted by atomic mass is 35.5. The fraction of sp³-hybridized carbons (Fsp3) is 0.700. The molecule has 0 fully saturated rings. The van der Waals surface area contributed by atoms with E-state index in [4.69, 9.17) is 11.6 Å². The van der Waals surface area contributed by atoms with E-state index in [1.165, 1.54) is 6.08 Å². The van der Waals surface area contributed by atoms with Gasteiger partial charge in [0.2, 0.25) is 5.91 Å². The third-order valence-corrected chi connectivity index (χ3v) is 2.17. The summed E-state index contributed by atoms with van der Waals surface area (Å²) in [4.78, 5) is 11.4. The van der Waals surface area contributed by atoms with Gasteiger partial charge in [0.1, 0.15) is 0 Å². The molecule has 0 saturated heterocycles. The number of quaternary nitrogens is 1. The SMILES string of the molecule is CCC(NC(=O)/C=C/CCl)[N+](C)(C)C.[Cl-]. The van der Waals surface area contributed by atoms with Crippen molar-refractivity contribution >= 4 is 17.5 Å². The van der Waals surface area contributed by atoms with Crippen LogP contribution in [0.5, 0.6) is 0 Å². The molecule has 0 aromatic carbocycles. The van der Waals surface area contributed by atoms with E-state index >= 15 is 0 Å². The van der Waals surface area contributed by atoms with E-state index in [0.717, 1.165) is 10.9 Å². The lowest BCUT2D eigenvalue weighted by atomic mass is 10.3. The lowest BCUT2D eigenvalue weighted by molar-refractivity contribution is -0.898. The van der Waals surface area contributed by atoms with Crippen molar-refractivity contribution in [1.29, 1.82) is 0 Å². The third-order valence-electron chi connectivity index (χ3n) is 1.99. The number of carbonyl (C=O) groups excluding carboxylic acids is 1. The van der Waals surface area contributed by atoms with Gasteiger partial charge in [0, 0.05) is 18.4 Å². The molecule has 0 heterocycles. The highest BCUT2D eigenvalue weighted by molar-refractivity contribution is 6.19. The average Bonchev–Trinajstić information content (AvgIpc) is 2.08. The zero-order chi connectivity index (χ0) is 11.2. The van der Waals surface area contributed by atoms with Crippen molar-refractivity contribution in [3.05, 3.63) is 12.2 Å². The molecule has 0 radical (unpaired) electrons. The van der Waals surface area contributed by atoms with Crippen LogP contribution in [0.1, 0.15) is 13.3 Å². The number of allylic oxidation sites excluding steroid dienone is 1. The fourth-order valence-corrected chi connectivity index (χ4v) is 1.30. The molecular formula is C10H20Cl2N2O. The molecule has 0 aliphatic heterocycles. The average molecular weight is 255 g/mol. The summed E-state index contributed by atoms with van der Waals surface area (Å²) in [7, 11) is 6.17. The minimum Gasteiger partial charge on any atom is -1.00 e. The van der Waals surface area contributed by atoms with Crippen molar-refractivity contribution in [3.8, 4) is 0 Å². The first-order valence-corrected chi connectivity index (χ1v) is 5.29. The predicted octanol–water partition coefficient (Wildman–Crippen LogP) is -1.66. The minimum absolute atomic E-state index is 0. The second-order valence-corrected chi connectivity index (χ2v) is 4.41. The van der Waals surface area contributed by atoms with Crippen molar-refractivity contribution in [3.63, 3.8) is 0 Å². The van der Waals surface area contributed by atoms with Crippen LogP contribution in [0.25, 0.3) is 0 Å². The summed E-state index contributed by atoms with van der Waals surface area (Å²) in [6.07, 6.45) is 4.16. The molecular weight excluding hydrogens is 235 g/mol. The Morgan fingerprint density at radius 1 is 1.47 bits per heavy atom. The van der Waals surface area contributed by atoms with Gasteiger partial charge in [0.05, 0.1) is 21.1 Å². The zero-order valence-corrected chi connectivity index (χ0v) is 11.3.